The van der Waals surface area contributed by atoms with Crippen LogP contribution in [0.1, 0.15) is 5.56 Å². The minimum Gasteiger partial charge on any atom is -0.258 e. The maximum atomic E-state index is 13.1. The number of nitrogens with zero attached hydrogens (tertiary/aromatic N) is 2. The first kappa shape index (κ1) is 16.2. The highest BCUT2D eigenvalue weighted by Gasteiger charge is 2.36. The van der Waals surface area contributed by atoms with Crippen LogP contribution in [0.3, 0.4) is 0 Å². The third-order valence-corrected chi connectivity index (χ3v) is 3.22. The van der Waals surface area contributed by atoms with E-state index in [0.717, 1.165) is 12.1 Å². The zero-order valence-corrected chi connectivity index (χ0v) is 12.4. The second-order valence-corrected chi connectivity index (χ2v) is 5.15. The molecule has 2 aromatic carbocycles. The van der Waals surface area contributed by atoms with Gasteiger partial charge in [0.1, 0.15) is 0 Å². The van der Waals surface area contributed by atoms with Gasteiger partial charge in [-0.2, -0.15) is 13.2 Å². The summed E-state index contributed by atoms with van der Waals surface area (Å²) in [6.45, 7) is 0. The van der Waals surface area contributed by atoms with Crippen molar-refractivity contribution >= 4 is 33.0 Å². The molecule has 0 atom stereocenters. The molecule has 0 saturated heterocycles. The fourth-order valence-electron chi connectivity index (χ4n) is 1.68. The summed E-state index contributed by atoms with van der Waals surface area (Å²) in [6.07, 6.45) is -4.64. The van der Waals surface area contributed by atoms with Crippen molar-refractivity contribution in [2.75, 3.05) is 0 Å². The number of non-ortho nitro benzene ring substituents is 1. The number of rotatable bonds is 3. The third-order valence-electron chi connectivity index (χ3n) is 2.69. The van der Waals surface area contributed by atoms with Gasteiger partial charge in [0.2, 0.25) is 0 Å². The van der Waals surface area contributed by atoms with Crippen molar-refractivity contribution in [3.63, 3.8) is 0 Å². The van der Waals surface area contributed by atoms with Gasteiger partial charge in [-0.05, 0) is 24.3 Å². The molecular formula is C14H8BrF3N2O2. The molecule has 0 bridgehead atoms. The van der Waals surface area contributed by atoms with Gasteiger partial charge in [0.25, 0.3) is 5.69 Å². The molecule has 0 aromatic heterocycles. The van der Waals surface area contributed by atoms with Crippen molar-refractivity contribution in [1.29, 1.82) is 0 Å². The zero-order chi connectivity index (χ0) is 16.3. The summed E-state index contributed by atoms with van der Waals surface area (Å²) in [4.78, 5) is 13.5. The lowest BCUT2D eigenvalue weighted by Crippen LogP contribution is -2.23. The fourth-order valence-corrected chi connectivity index (χ4v) is 1.94. The van der Waals surface area contributed by atoms with Crippen LogP contribution in [0.5, 0.6) is 0 Å². The molecule has 2 aromatic rings. The summed E-state index contributed by atoms with van der Waals surface area (Å²) in [5.74, 6) is 0. The summed E-state index contributed by atoms with van der Waals surface area (Å²) in [7, 11) is 0. The Morgan fingerprint density at radius 3 is 2.05 bits per heavy atom. The second-order valence-electron chi connectivity index (χ2n) is 4.24. The molecule has 0 fully saturated rings. The number of alkyl halides is 3. The molecule has 22 heavy (non-hydrogen) atoms. The van der Waals surface area contributed by atoms with E-state index in [2.05, 4.69) is 20.9 Å². The van der Waals surface area contributed by atoms with Gasteiger partial charge in [-0.15, -0.1) is 0 Å². The Bertz CT molecular complexity index is 710. The molecule has 0 spiro atoms. The van der Waals surface area contributed by atoms with Crippen molar-refractivity contribution in [1.82, 2.24) is 0 Å². The van der Waals surface area contributed by atoms with E-state index in [4.69, 9.17) is 0 Å². The average Bonchev–Trinajstić information content (AvgIpc) is 2.45. The predicted molar refractivity (Wildman–Crippen MR) is 79.5 cm³/mol. The van der Waals surface area contributed by atoms with Gasteiger partial charge >= 0.3 is 6.18 Å². The number of halogens is 4. The smallest absolute Gasteiger partial charge is 0.258 e. The van der Waals surface area contributed by atoms with Gasteiger partial charge in [-0.25, -0.2) is 4.99 Å². The Morgan fingerprint density at radius 2 is 1.59 bits per heavy atom. The molecule has 0 aliphatic rings. The average molecular weight is 373 g/mol. The first-order valence-corrected chi connectivity index (χ1v) is 6.73. The van der Waals surface area contributed by atoms with Crippen LogP contribution < -0.4 is 0 Å². The normalized spacial score (nSPS) is 12.3. The summed E-state index contributed by atoms with van der Waals surface area (Å²) in [5.41, 5.74) is -1.38. The van der Waals surface area contributed by atoms with E-state index in [1.54, 1.807) is 0 Å². The molecule has 0 radical (unpaired) electrons. The topological polar surface area (TPSA) is 55.5 Å². The Morgan fingerprint density at radius 1 is 1.05 bits per heavy atom. The van der Waals surface area contributed by atoms with Crippen molar-refractivity contribution < 1.29 is 18.1 Å². The van der Waals surface area contributed by atoms with Gasteiger partial charge in [-0.3, -0.25) is 10.1 Å². The van der Waals surface area contributed by atoms with Crippen LogP contribution in [-0.4, -0.2) is 16.8 Å². The number of hydrogen-bond acceptors (Lipinski definition) is 3. The molecular weight excluding hydrogens is 365 g/mol. The van der Waals surface area contributed by atoms with E-state index < -0.39 is 16.8 Å². The van der Waals surface area contributed by atoms with Crippen molar-refractivity contribution in [3.8, 4) is 0 Å². The van der Waals surface area contributed by atoms with Crippen LogP contribution in [-0.2, 0) is 0 Å². The molecule has 114 valence electrons. The minimum atomic E-state index is -4.64. The van der Waals surface area contributed by atoms with E-state index >= 15 is 0 Å². The highest BCUT2D eigenvalue weighted by Crippen LogP contribution is 2.27. The highest BCUT2D eigenvalue weighted by molar-refractivity contribution is 9.10. The largest absolute Gasteiger partial charge is 0.433 e. The van der Waals surface area contributed by atoms with Crippen LogP contribution in [0.15, 0.2) is 58.0 Å². The Hall–Kier alpha value is -2.22. The van der Waals surface area contributed by atoms with Crippen molar-refractivity contribution in [2.24, 2.45) is 4.99 Å². The fraction of sp³-hybridized carbons (Fsp3) is 0.0714. The summed E-state index contributed by atoms with van der Waals surface area (Å²) in [5, 5.41) is 10.5. The monoisotopic (exact) mass is 372 g/mol. The molecule has 4 nitrogen and oxygen atoms in total. The maximum Gasteiger partial charge on any atom is 0.433 e. The van der Waals surface area contributed by atoms with Crippen molar-refractivity contribution in [2.45, 2.75) is 6.18 Å². The van der Waals surface area contributed by atoms with Gasteiger partial charge in [0, 0.05) is 22.2 Å². The van der Waals surface area contributed by atoms with Crippen LogP contribution in [0.2, 0.25) is 0 Å². The number of aliphatic imine (C=N–C) groups is 1. The summed E-state index contributed by atoms with van der Waals surface area (Å²) in [6, 6.07) is 10.1. The summed E-state index contributed by atoms with van der Waals surface area (Å²) >= 11 is 3.15. The lowest BCUT2D eigenvalue weighted by Gasteiger charge is -2.11. The van der Waals surface area contributed by atoms with E-state index in [9.17, 15) is 23.3 Å². The Kier molecular flexibility index (Phi) is 4.60. The highest BCUT2D eigenvalue weighted by atomic mass is 79.9. The second kappa shape index (κ2) is 6.27. The van der Waals surface area contributed by atoms with Crippen molar-refractivity contribution in [3.05, 3.63) is 68.7 Å². The van der Waals surface area contributed by atoms with E-state index in [1.807, 2.05) is 0 Å². The molecule has 8 heteroatoms. The lowest BCUT2D eigenvalue weighted by molar-refractivity contribution is -0.384. The zero-order valence-electron chi connectivity index (χ0n) is 10.8. The van der Waals surface area contributed by atoms with Crippen LogP contribution in [0.25, 0.3) is 0 Å². The maximum absolute atomic E-state index is 13.1. The van der Waals surface area contributed by atoms with E-state index in [0.29, 0.717) is 4.47 Å². The van der Waals surface area contributed by atoms with Gasteiger partial charge in [0.05, 0.1) is 10.6 Å². The van der Waals surface area contributed by atoms with Gasteiger partial charge < -0.3 is 0 Å². The number of nitro benzene ring substituents is 1. The van der Waals surface area contributed by atoms with Crippen LogP contribution in [0, 0.1) is 10.1 Å². The lowest BCUT2D eigenvalue weighted by atomic mass is 10.1. The SMILES string of the molecule is O=[N+]([O-])c1ccc(N=C(c2ccc(Br)cc2)C(F)(F)F)cc1. The number of hydrogen-bond donors (Lipinski definition) is 0. The Labute approximate surface area is 131 Å². The molecule has 0 unspecified atom stereocenters. The molecule has 0 aliphatic carbocycles. The number of nitro groups is 1. The standard InChI is InChI=1S/C14H8BrF3N2O2/c15-10-3-1-9(2-4-10)13(14(16,17)18)19-11-5-7-12(8-6-11)20(21)22/h1-8H. The minimum absolute atomic E-state index is 0.0131. The number of benzene rings is 2. The predicted octanol–water partition coefficient (Wildman–Crippen LogP) is 5.04. The molecule has 0 amide bonds. The first-order valence-electron chi connectivity index (χ1n) is 5.93. The van der Waals surface area contributed by atoms with Gasteiger partial charge in [0.15, 0.2) is 5.71 Å². The quantitative estimate of drug-likeness (QED) is 0.430. The molecule has 0 N–H and O–H groups in total. The van der Waals surface area contributed by atoms with Crippen LogP contribution >= 0.6 is 15.9 Å². The van der Waals surface area contributed by atoms with E-state index in [1.165, 1.54) is 36.4 Å². The molecule has 0 heterocycles. The van der Waals surface area contributed by atoms with E-state index in [-0.39, 0.29) is 16.9 Å². The molecule has 0 aliphatic heterocycles. The molecule has 0 saturated carbocycles. The first-order chi connectivity index (χ1) is 10.3. The molecule has 2 rings (SSSR count). The summed E-state index contributed by atoms with van der Waals surface area (Å²) < 4.78 is 40.1. The third kappa shape index (κ3) is 3.91. The van der Waals surface area contributed by atoms with Gasteiger partial charge in [-0.1, -0.05) is 28.1 Å². The van der Waals surface area contributed by atoms with Crippen LogP contribution in [0.4, 0.5) is 24.5 Å². The Balaban J connectivity index is 2.45.